The van der Waals surface area contributed by atoms with Crippen LogP contribution in [-0.2, 0) is 0 Å². The van der Waals surface area contributed by atoms with Gasteiger partial charge in [-0.3, -0.25) is 4.79 Å². The van der Waals surface area contributed by atoms with Gasteiger partial charge in [-0.15, -0.1) is 0 Å². The first kappa shape index (κ1) is 14.3. The van der Waals surface area contributed by atoms with Crippen LogP contribution in [-0.4, -0.2) is 11.9 Å². The number of nitrogens with one attached hydrogen (secondary N) is 2. The maximum Gasteiger partial charge on any atom is 0.316 e. The van der Waals surface area contributed by atoms with Crippen molar-refractivity contribution in [3.8, 4) is 0 Å². The molecule has 21 heavy (non-hydrogen) atoms. The largest absolute Gasteiger partial charge is 0.396 e. The molecule has 0 unspecified atom stereocenters. The highest BCUT2D eigenvalue weighted by molar-refractivity contribution is 6.08. The molecule has 2 aromatic carbocycles. The van der Waals surface area contributed by atoms with Gasteiger partial charge in [0.25, 0.3) is 5.91 Å². The average Bonchev–Trinajstić information content (AvgIpc) is 2.41. The molecule has 0 aliphatic carbocycles. The van der Waals surface area contributed by atoms with Gasteiger partial charge >= 0.3 is 6.03 Å². The average molecular weight is 288 g/mol. The minimum absolute atomic E-state index is 0.0308. The zero-order valence-electron chi connectivity index (χ0n) is 10.9. The third-order valence-corrected chi connectivity index (χ3v) is 2.69. The second-order valence-corrected chi connectivity index (χ2v) is 4.23. The molecule has 0 spiro atoms. The predicted octanol–water partition coefficient (Wildman–Crippen LogP) is 2.15. The number of carbonyl (C=O) groups is 2. The molecule has 0 aliphatic heterocycles. The van der Waals surface area contributed by atoms with Crippen molar-refractivity contribution in [1.29, 1.82) is 0 Å². The first-order valence-corrected chi connectivity index (χ1v) is 5.99. The number of carbonyl (C=O) groups excluding carboxylic acids is 2. The van der Waals surface area contributed by atoms with Crippen molar-refractivity contribution in [3.63, 3.8) is 0 Å². The molecule has 3 amide bonds. The monoisotopic (exact) mass is 288 g/mol. The first-order chi connectivity index (χ1) is 9.97. The molecular weight excluding hydrogens is 275 g/mol. The molecule has 0 atom stereocenters. The van der Waals surface area contributed by atoms with Crippen molar-refractivity contribution in [1.82, 2.24) is 0 Å². The smallest absolute Gasteiger partial charge is 0.316 e. The Balaban J connectivity index is 2.20. The minimum Gasteiger partial charge on any atom is -0.396 e. The fourth-order valence-corrected chi connectivity index (χ4v) is 1.75. The van der Waals surface area contributed by atoms with Crippen LogP contribution in [0.15, 0.2) is 42.5 Å². The van der Waals surface area contributed by atoms with Crippen molar-refractivity contribution in [2.24, 2.45) is 5.73 Å². The minimum atomic E-state index is -0.715. The third kappa shape index (κ3) is 3.47. The highest BCUT2D eigenvalue weighted by Gasteiger charge is 2.12. The summed E-state index contributed by atoms with van der Waals surface area (Å²) >= 11 is 0. The zero-order chi connectivity index (χ0) is 15.4. The molecule has 7 heteroatoms. The number of anilines is 3. The van der Waals surface area contributed by atoms with Crippen molar-refractivity contribution in [2.45, 2.75) is 0 Å². The lowest BCUT2D eigenvalue weighted by Gasteiger charge is -2.09. The van der Waals surface area contributed by atoms with Crippen molar-refractivity contribution >= 4 is 29.0 Å². The molecule has 0 bridgehead atoms. The Morgan fingerprint density at radius 3 is 2.29 bits per heavy atom. The summed E-state index contributed by atoms with van der Waals surface area (Å²) in [6.45, 7) is 0. The van der Waals surface area contributed by atoms with E-state index in [1.165, 1.54) is 24.3 Å². The summed E-state index contributed by atoms with van der Waals surface area (Å²) in [5.74, 6) is -1.21. The lowest BCUT2D eigenvalue weighted by molar-refractivity contribution is 0.102. The summed E-state index contributed by atoms with van der Waals surface area (Å²) in [5.41, 5.74) is 11.2. The normalized spacial score (nSPS) is 9.95. The maximum absolute atomic E-state index is 13.3. The molecule has 0 radical (unpaired) electrons. The number of amides is 3. The highest BCUT2D eigenvalue weighted by atomic mass is 19.1. The van der Waals surface area contributed by atoms with E-state index in [0.717, 1.165) is 0 Å². The van der Waals surface area contributed by atoms with Crippen LogP contribution in [0.5, 0.6) is 0 Å². The van der Waals surface area contributed by atoms with Crippen molar-refractivity contribution < 1.29 is 14.0 Å². The van der Waals surface area contributed by atoms with Gasteiger partial charge < -0.3 is 22.1 Å². The van der Waals surface area contributed by atoms with Gasteiger partial charge in [-0.05, 0) is 30.3 Å². The number of hydrogen-bond acceptors (Lipinski definition) is 3. The number of nitrogen functional groups attached to an aromatic ring is 1. The van der Waals surface area contributed by atoms with E-state index in [2.05, 4.69) is 10.6 Å². The van der Waals surface area contributed by atoms with Gasteiger partial charge in [-0.2, -0.15) is 0 Å². The van der Waals surface area contributed by atoms with Crippen molar-refractivity contribution in [3.05, 3.63) is 53.8 Å². The van der Waals surface area contributed by atoms with Gasteiger partial charge in [-0.1, -0.05) is 12.1 Å². The summed E-state index contributed by atoms with van der Waals surface area (Å²) in [6.07, 6.45) is 0. The van der Waals surface area contributed by atoms with Crippen LogP contribution in [0.4, 0.5) is 26.2 Å². The second-order valence-electron chi connectivity index (χ2n) is 4.23. The SMILES string of the molecule is NC(=O)Nc1cccc(NC(=O)c2cccc(F)c2N)c1. The summed E-state index contributed by atoms with van der Waals surface area (Å²) < 4.78 is 13.3. The lowest BCUT2D eigenvalue weighted by atomic mass is 10.1. The number of primary amides is 1. The number of urea groups is 1. The Labute approximate surface area is 119 Å². The molecule has 0 saturated carbocycles. The Bertz CT molecular complexity index is 703. The van der Waals surface area contributed by atoms with E-state index >= 15 is 0 Å². The Kier molecular flexibility index (Phi) is 4.03. The standard InChI is InChI=1S/C14H13FN4O2/c15-11-6-2-5-10(12(11)16)13(20)18-8-3-1-4-9(7-8)19-14(17)21/h1-7H,16H2,(H,18,20)(H3,17,19,21). The van der Waals surface area contributed by atoms with E-state index in [0.29, 0.717) is 11.4 Å². The molecule has 0 heterocycles. The maximum atomic E-state index is 13.3. The number of para-hydroxylation sites is 1. The molecule has 108 valence electrons. The van der Waals surface area contributed by atoms with Crippen LogP contribution in [0.3, 0.4) is 0 Å². The summed E-state index contributed by atoms with van der Waals surface area (Å²) in [5, 5.41) is 4.94. The fraction of sp³-hybridized carbons (Fsp3) is 0. The molecule has 6 N–H and O–H groups in total. The number of halogens is 1. The van der Waals surface area contributed by atoms with Crippen LogP contribution >= 0.6 is 0 Å². The first-order valence-electron chi connectivity index (χ1n) is 5.99. The number of rotatable bonds is 3. The Morgan fingerprint density at radius 1 is 1.00 bits per heavy atom. The van der Waals surface area contributed by atoms with Gasteiger partial charge in [0, 0.05) is 11.4 Å². The zero-order valence-corrected chi connectivity index (χ0v) is 10.9. The van der Waals surface area contributed by atoms with Gasteiger partial charge in [0.15, 0.2) is 0 Å². The van der Waals surface area contributed by atoms with E-state index in [1.807, 2.05) is 0 Å². The number of nitrogens with two attached hydrogens (primary N) is 2. The Hall–Kier alpha value is -3.09. The van der Waals surface area contributed by atoms with E-state index in [1.54, 1.807) is 18.2 Å². The quantitative estimate of drug-likeness (QED) is 0.649. The predicted molar refractivity (Wildman–Crippen MR) is 78.4 cm³/mol. The van der Waals surface area contributed by atoms with Gasteiger partial charge in [0.1, 0.15) is 5.82 Å². The second kappa shape index (κ2) is 5.91. The van der Waals surface area contributed by atoms with Crippen LogP contribution in [0.2, 0.25) is 0 Å². The van der Waals surface area contributed by atoms with E-state index < -0.39 is 17.8 Å². The molecule has 0 fully saturated rings. The topological polar surface area (TPSA) is 110 Å². The molecule has 0 aliphatic rings. The highest BCUT2D eigenvalue weighted by Crippen LogP contribution is 2.19. The molecule has 2 rings (SSSR count). The fourth-order valence-electron chi connectivity index (χ4n) is 1.75. The van der Waals surface area contributed by atoms with Gasteiger partial charge in [-0.25, -0.2) is 9.18 Å². The third-order valence-electron chi connectivity index (χ3n) is 2.69. The van der Waals surface area contributed by atoms with Crippen LogP contribution in [0, 0.1) is 5.82 Å². The summed E-state index contributed by atoms with van der Waals surface area (Å²) in [4.78, 5) is 22.8. The van der Waals surface area contributed by atoms with Crippen molar-refractivity contribution in [2.75, 3.05) is 16.4 Å². The molecular formula is C14H13FN4O2. The van der Waals surface area contributed by atoms with Crippen LogP contribution in [0.25, 0.3) is 0 Å². The summed E-state index contributed by atoms with van der Waals surface area (Å²) in [6, 6.07) is 9.62. The lowest BCUT2D eigenvalue weighted by Crippen LogP contribution is -2.19. The molecule has 0 aromatic heterocycles. The van der Waals surface area contributed by atoms with Crippen LogP contribution < -0.4 is 22.1 Å². The molecule has 2 aromatic rings. The van der Waals surface area contributed by atoms with E-state index in [4.69, 9.17) is 11.5 Å². The van der Waals surface area contributed by atoms with E-state index in [9.17, 15) is 14.0 Å². The Morgan fingerprint density at radius 2 is 1.62 bits per heavy atom. The van der Waals surface area contributed by atoms with Gasteiger partial charge in [0.2, 0.25) is 0 Å². The molecule has 6 nitrogen and oxygen atoms in total. The number of hydrogen-bond donors (Lipinski definition) is 4. The van der Waals surface area contributed by atoms with Crippen LogP contribution in [0.1, 0.15) is 10.4 Å². The van der Waals surface area contributed by atoms with Gasteiger partial charge in [0.05, 0.1) is 11.3 Å². The molecule has 0 saturated heterocycles. The number of benzene rings is 2. The summed E-state index contributed by atoms with van der Waals surface area (Å²) in [7, 11) is 0. The van der Waals surface area contributed by atoms with E-state index in [-0.39, 0.29) is 11.3 Å².